The lowest BCUT2D eigenvalue weighted by Gasteiger charge is -2.29. The molecular formula is C24H21ClN6O4. The molecule has 10 nitrogen and oxygen atoms in total. The molecule has 0 radical (unpaired) electrons. The molecule has 1 saturated heterocycles. The van der Waals surface area contributed by atoms with E-state index in [-0.39, 0.29) is 43.7 Å². The number of carbonyl (C=O) groups is 4. The Hall–Kier alpha value is -4.05. The molecule has 1 unspecified atom stereocenters. The lowest BCUT2D eigenvalue weighted by molar-refractivity contribution is -0.137. The molecule has 0 aliphatic carbocycles. The number of nitrogens with zero attached hydrogens (tertiary/aromatic N) is 4. The van der Waals surface area contributed by atoms with E-state index in [0.717, 1.165) is 11.1 Å². The summed E-state index contributed by atoms with van der Waals surface area (Å²) < 4.78 is 1.41. The van der Waals surface area contributed by atoms with E-state index in [9.17, 15) is 19.2 Å². The van der Waals surface area contributed by atoms with Gasteiger partial charge < -0.3 is 10.2 Å². The number of aromatic nitrogens is 3. The van der Waals surface area contributed by atoms with E-state index in [4.69, 9.17) is 11.6 Å². The average Bonchev–Trinajstić information content (AvgIpc) is 3.41. The van der Waals surface area contributed by atoms with Gasteiger partial charge in [0, 0.05) is 35.3 Å². The van der Waals surface area contributed by atoms with Crippen LogP contribution in [0.5, 0.6) is 0 Å². The number of benzene rings is 2. The van der Waals surface area contributed by atoms with Crippen molar-refractivity contribution >= 4 is 40.9 Å². The van der Waals surface area contributed by atoms with E-state index in [1.165, 1.54) is 9.58 Å². The van der Waals surface area contributed by atoms with Crippen molar-refractivity contribution in [2.45, 2.75) is 38.9 Å². The number of rotatable bonds is 5. The monoisotopic (exact) mass is 492 g/mol. The fourth-order valence-electron chi connectivity index (χ4n) is 4.37. The number of hydrogen-bond acceptors (Lipinski definition) is 6. The Morgan fingerprint density at radius 1 is 1.20 bits per heavy atom. The zero-order valence-electron chi connectivity index (χ0n) is 18.7. The summed E-state index contributed by atoms with van der Waals surface area (Å²) in [4.78, 5) is 50.9. The topological polar surface area (TPSA) is 126 Å². The van der Waals surface area contributed by atoms with Crippen LogP contribution in [-0.2, 0) is 27.5 Å². The van der Waals surface area contributed by atoms with Crippen molar-refractivity contribution in [2.75, 3.05) is 5.32 Å². The van der Waals surface area contributed by atoms with E-state index < -0.39 is 11.9 Å². The van der Waals surface area contributed by atoms with Crippen molar-refractivity contribution in [2.24, 2.45) is 0 Å². The first-order valence-electron chi connectivity index (χ1n) is 11.0. The number of fused-ring (bicyclic) bond motifs is 1. The molecule has 2 aliphatic heterocycles. The van der Waals surface area contributed by atoms with Gasteiger partial charge in [-0.05, 0) is 37.6 Å². The first-order chi connectivity index (χ1) is 16.8. The minimum Gasteiger partial charge on any atom is -0.324 e. The Morgan fingerprint density at radius 2 is 2.03 bits per heavy atom. The summed E-state index contributed by atoms with van der Waals surface area (Å²) in [6, 6.07) is 9.90. The van der Waals surface area contributed by atoms with Crippen LogP contribution < -0.4 is 10.6 Å². The van der Waals surface area contributed by atoms with E-state index in [0.29, 0.717) is 27.5 Å². The lowest BCUT2D eigenvalue weighted by Crippen LogP contribution is -2.52. The summed E-state index contributed by atoms with van der Waals surface area (Å²) in [6.45, 7) is 2.02. The zero-order chi connectivity index (χ0) is 24.7. The van der Waals surface area contributed by atoms with Crippen molar-refractivity contribution in [3.8, 4) is 11.3 Å². The van der Waals surface area contributed by atoms with Gasteiger partial charge in [-0.1, -0.05) is 34.5 Å². The lowest BCUT2D eigenvalue weighted by atomic mass is 10.0. The van der Waals surface area contributed by atoms with Crippen molar-refractivity contribution in [3.05, 3.63) is 64.3 Å². The third-order valence-electron chi connectivity index (χ3n) is 6.10. The highest BCUT2D eigenvalue weighted by atomic mass is 35.5. The number of halogens is 1. The SMILES string of the molecule is Cc1ccc(Cl)c(-c2cn(CC(=O)Nc3cccc4c3CN(C3CCC(=O)NC3=O)C4=O)nn2)c1. The van der Waals surface area contributed by atoms with Crippen molar-refractivity contribution in [1.82, 2.24) is 25.2 Å². The highest BCUT2D eigenvalue weighted by Crippen LogP contribution is 2.32. The van der Waals surface area contributed by atoms with Crippen LogP contribution in [-0.4, -0.2) is 49.6 Å². The second kappa shape index (κ2) is 8.95. The zero-order valence-corrected chi connectivity index (χ0v) is 19.5. The molecule has 178 valence electrons. The summed E-state index contributed by atoms with van der Waals surface area (Å²) in [5.41, 5.74) is 3.84. The molecular weight excluding hydrogens is 472 g/mol. The fraction of sp³-hybridized carbons (Fsp3) is 0.250. The van der Waals surface area contributed by atoms with Crippen molar-refractivity contribution in [3.63, 3.8) is 0 Å². The molecule has 3 aromatic rings. The maximum absolute atomic E-state index is 13.0. The van der Waals surface area contributed by atoms with Gasteiger partial charge in [0.2, 0.25) is 17.7 Å². The third-order valence-corrected chi connectivity index (χ3v) is 6.43. The van der Waals surface area contributed by atoms with Gasteiger partial charge in [0.15, 0.2) is 0 Å². The summed E-state index contributed by atoms with van der Waals surface area (Å²) in [6.07, 6.45) is 2.09. The van der Waals surface area contributed by atoms with Gasteiger partial charge in [-0.3, -0.25) is 24.5 Å². The van der Waals surface area contributed by atoms with Gasteiger partial charge in [0.1, 0.15) is 18.3 Å². The van der Waals surface area contributed by atoms with Crippen LogP contribution in [0.15, 0.2) is 42.6 Å². The van der Waals surface area contributed by atoms with Crippen LogP contribution >= 0.6 is 11.6 Å². The Morgan fingerprint density at radius 3 is 2.83 bits per heavy atom. The summed E-state index contributed by atoms with van der Waals surface area (Å²) in [5, 5.41) is 13.8. The summed E-state index contributed by atoms with van der Waals surface area (Å²) in [5.74, 6) is -1.48. The number of anilines is 1. The minimum absolute atomic E-state index is 0.0924. The molecule has 2 aliphatic rings. The summed E-state index contributed by atoms with van der Waals surface area (Å²) >= 11 is 6.27. The Labute approximate surface area is 205 Å². The molecule has 0 spiro atoms. The van der Waals surface area contributed by atoms with Crippen molar-refractivity contribution in [1.29, 1.82) is 0 Å². The Kier molecular flexibility index (Phi) is 5.81. The molecule has 11 heteroatoms. The largest absolute Gasteiger partial charge is 0.324 e. The fourth-order valence-corrected chi connectivity index (χ4v) is 4.59. The van der Waals surface area contributed by atoms with Gasteiger partial charge in [-0.2, -0.15) is 0 Å². The second-order valence-electron chi connectivity index (χ2n) is 8.56. The smallest absolute Gasteiger partial charge is 0.255 e. The molecule has 1 atom stereocenters. The van der Waals surface area contributed by atoms with Gasteiger partial charge in [-0.25, -0.2) is 4.68 Å². The molecule has 5 rings (SSSR count). The minimum atomic E-state index is -0.724. The van der Waals surface area contributed by atoms with E-state index in [1.807, 2.05) is 19.1 Å². The van der Waals surface area contributed by atoms with Crippen LogP contribution in [0.4, 0.5) is 5.69 Å². The van der Waals surface area contributed by atoms with Gasteiger partial charge in [-0.15, -0.1) is 5.10 Å². The van der Waals surface area contributed by atoms with Crippen molar-refractivity contribution < 1.29 is 19.2 Å². The Balaban J connectivity index is 1.30. The molecule has 3 heterocycles. The van der Waals surface area contributed by atoms with E-state index in [2.05, 4.69) is 20.9 Å². The molecule has 2 aromatic carbocycles. The summed E-state index contributed by atoms with van der Waals surface area (Å²) in [7, 11) is 0. The predicted molar refractivity (Wildman–Crippen MR) is 126 cm³/mol. The molecule has 1 fully saturated rings. The third kappa shape index (κ3) is 4.40. The average molecular weight is 493 g/mol. The maximum atomic E-state index is 13.0. The van der Waals surface area contributed by atoms with Crippen LogP contribution in [0.2, 0.25) is 5.02 Å². The Bertz CT molecular complexity index is 1380. The molecule has 1 aromatic heterocycles. The molecule has 0 saturated carbocycles. The van der Waals surface area contributed by atoms with Crippen LogP contribution in [0, 0.1) is 6.92 Å². The molecule has 0 bridgehead atoms. The predicted octanol–water partition coefficient (Wildman–Crippen LogP) is 2.31. The van der Waals surface area contributed by atoms with Crippen LogP contribution in [0.25, 0.3) is 11.3 Å². The first kappa shape index (κ1) is 22.7. The van der Waals surface area contributed by atoms with Gasteiger partial charge in [0.25, 0.3) is 5.91 Å². The number of aryl methyl sites for hydroxylation is 1. The quantitative estimate of drug-likeness (QED) is 0.526. The number of hydrogen-bond donors (Lipinski definition) is 2. The number of piperidine rings is 1. The van der Waals surface area contributed by atoms with Gasteiger partial charge >= 0.3 is 0 Å². The number of imide groups is 1. The number of nitrogens with one attached hydrogen (secondary N) is 2. The van der Waals surface area contributed by atoms with Crippen LogP contribution in [0.3, 0.4) is 0 Å². The van der Waals surface area contributed by atoms with E-state index >= 15 is 0 Å². The number of amides is 4. The highest BCUT2D eigenvalue weighted by Gasteiger charge is 2.39. The number of carbonyl (C=O) groups excluding carboxylic acids is 4. The van der Waals surface area contributed by atoms with Crippen LogP contribution in [0.1, 0.15) is 34.3 Å². The van der Waals surface area contributed by atoms with E-state index in [1.54, 1.807) is 30.5 Å². The second-order valence-corrected chi connectivity index (χ2v) is 8.97. The molecule has 2 N–H and O–H groups in total. The first-order valence-corrected chi connectivity index (χ1v) is 11.4. The standard InChI is InChI=1S/C24H21ClN6O4/c1-13-5-6-17(25)15(9-13)19-11-30(29-28-19)12-22(33)26-18-4-2-3-14-16(18)10-31(24(14)35)20-7-8-21(32)27-23(20)34/h2-6,9,11,20H,7-8,10,12H2,1H3,(H,26,33)(H,27,32,34). The maximum Gasteiger partial charge on any atom is 0.255 e. The highest BCUT2D eigenvalue weighted by molar-refractivity contribution is 6.33. The molecule has 35 heavy (non-hydrogen) atoms. The molecule has 4 amide bonds. The normalized spacial score (nSPS) is 17.4. The van der Waals surface area contributed by atoms with Gasteiger partial charge in [0.05, 0.1) is 11.2 Å².